The van der Waals surface area contributed by atoms with E-state index in [0.29, 0.717) is 0 Å². The van der Waals surface area contributed by atoms with Crippen LogP contribution in [-0.2, 0) is 6.54 Å². The zero-order valence-corrected chi connectivity index (χ0v) is 9.52. The van der Waals surface area contributed by atoms with Gasteiger partial charge in [-0.2, -0.15) is 0 Å². The summed E-state index contributed by atoms with van der Waals surface area (Å²) in [4.78, 5) is 0. The van der Waals surface area contributed by atoms with Crippen LogP contribution in [0.1, 0.15) is 31.9 Å². The predicted octanol–water partition coefficient (Wildman–Crippen LogP) is 3.22. The first kappa shape index (κ1) is 11.0. The van der Waals surface area contributed by atoms with Gasteiger partial charge in [0.15, 0.2) is 0 Å². The number of benzene rings is 1. The number of nitrogens with one attached hydrogen (secondary N) is 1. The Morgan fingerprint density at radius 2 is 1.93 bits per heavy atom. The lowest BCUT2D eigenvalue weighted by Crippen LogP contribution is -2.04. The lowest BCUT2D eigenvalue weighted by Gasteiger charge is -2.07. The second-order valence-corrected chi connectivity index (χ2v) is 3.86. The van der Waals surface area contributed by atoms with Crippen molar-refractivity contribution in [2.45, 2.75) is 27.3 Å². The van der Waals surface area contributed by atoms with Crippen molar-refractivity contribution < 1.29 is 0 Å². The first-order valence-electron chi connectivity index (χ1n) is 5.03. The van der Waals surface area contributed by atoms with E-state index >= 15 is 0 Å². The average Bonchev–Trinajstić information content (AvgIpc) is 2.17. The Morgan fingerprint density at radius 1 is 1.21 bits per heavy atom. The van der Waals surface area contributed by atoms with Gasteiger partial charge in [-0.25, -0.2) is 0 Å². The van der Waals surface area contributed by atoms with Crippen LogP contribution >= 0.6 is 0 Å². The highest BCUT2D eigenvalue weighted by Crippen LogP contribution is 2.18. The van der Waals surface area contributed by atoms with E-state index in [1.165, 1.54) is 22.3 Å². The van der Waals surface area contributed by atoms with Crippen LogP contribution in [0.2, 0.25) is 0 Å². The van der Waals surface area contributed by atoms with Crippen molar-refractivity contribution in [1.82, 2.24) is 5.32 Å². The Labute approximate surface area is 86.8 Å². The van der Waals surface area contributed by atoms with Gasteiger partial charge in [0.1, 0.15) is 0 Å². The molecule has 0 aliphatic carbocycles. The van der Waals surface area contributed by atoms with E-state index in [1.807, 2.05) is 7.05 Å². The Balaban J connectivity index is 3.00. The first-order chi connectivity index (χ1) is 6.65. The standard InChI is InChI=1S/C13H19N/c1-10(2)11(3)13-7-5-6-12(8-13)9-14-4/h5-8,14H,9H2,1-4H3. The zero-order chi connectivity index (χ0) is 10.6. The Morgan fingerprint density at radius 3 is 2.50 bits per heavy atom. The van der Waals surface area contributed by atoms with Gasteiger partial charge in [-0.3, -0.25) is 0 Å². The summed E-state index contributed by atoms with van der Waals surface area (Å²) < 4.78 is 0. The molecule has 1 heteroatoms. The molecular weight excluding hydrogens is 170 g/mol. The number of hydrogen-bond donors (Lipinski definition) is 1. The number of hydrogen-bond acceptors (Lipinski definition) is 1. The molecular formula is C13H19N. The van der Waals surface area contributed by atoms with Gasteiger partial charge in [0.2, 0.25) is 0 Å². The van der Waals surface area contributed by atoms with E-state index in [4.69, 9.17) is 0 Å². The minimum Gasteiger partial charge on any atom is -0.316 e. The molecule has 0 unspecified atom stereocenters. The second-order valence-electron chi connectivity index (χ2n) is 3.86. The van der Waals surface area contributed by atoms with Gasteiger partial charge < -0.3 is 5.32 Å². The topological polar surface area (TPSA) is 12.0 Å². The molecule has 1 aromatic rings. The summed E-state index contributed by atoms with van der Waals surface area (Å²) in [5, 5.41) is 3.16. The van der Waals surface area contributed by atoms with Crippen LogP contribution in [0, 0.1) is 0 Å². The summed E-state index contributed by atoms with van der Waals surface area (Å²) in [5.74, 6) is 0. The molecule has 0 fully saturated rings. The quantitative estimate of drug-likeness (QED) is 0.769. The Hall–Kier alpha value is -1.08. The van der Waals surface area contributed by atoms with E-state index in [0.717, 1.165) is 6.54 Å². The molecule has 0 bridgehead atoms. The molecule has 0 atom stereocenters. The molecule has 76 valence electrons. The van der Waals surface area contributed by atoms with Gasteiger partial charge >= 0.3 is 0 Å². The molecule has 0 saturated heterocycles. The summed E-state index contributed by atoms with van der Waals surface area (Å²) in [7, 11) is 1.97. The maximum absolute atomic E-state index is 3.16. The molecule has 0 aliphatic heterocycles. The lowest BCUT2D eigenvalue weighted by molar-refractivity contribution is 0.817. The van der Waals surface area contributed by atoms with Gasteiger partial charge in [0.25, 0.3) is 0 Å². The van der Waals surface area contributed by atoms with Gasteiger partial charge in [0, 0.05) is 6.54 Å². The van der Waals surface area contributed by atoms with Crippen molar-refractivity contribution >= 4 is 5.57 Å². The van der Waals surface area contributed by atoms with Crippen molar-refractivity contribution in [2.75, 3.05) is 7.05 Å². The van der Waals surface area contributed by atoms with E-state index in [9.17, 15) is 0 Å². The van der Waals surface area contributed by atoms with E-state index in [-0.39, 0.29) is 0 Å². The average molecular weight is 189 g/mol. The third-order valence-corrected chi connectivity index (χ3v) is 2.49. The van der Waals surface area contributed by atoms with Crippen molar-refractivity contribution in [1.29, 1.82) is 0 Å². The molecule has 0 spiro atoms. The first-order valence-corrected chi connectivity index (χ1v) is 5.03. The summed E-state index contributed by atoms with van der Waals surface area (Å²) in [6, 6.07) is 8.69. The third-order valence-electron chi connectivity index (χ3n) is 2.49. The molecule has 1 rings (SSSR count). The van der Waals surface area contributed by atoms with E-state index < -0.39 is 0 Å². The van der Waals surface area contributed by atoms with Crippen LogP contribution in [0.25, 0.3) is 5.57 Å². The maximum atomic E-state index is 3.16. The zero-order valence-electron chi connectivity index (χ0n) is 9.52. The summed E-state index contributed by atoms with van der Waals surface area (Å²) in [5.41, 5.74) is 5.43. The van der Waals surface area contributed by atoms with E-state index in [1.54, 1.807) is 0 Å². The SMILES string of the molecule is CNCc1cccc(C(C)=C(C)C)c1. The minimum atomic E-state index is 0.934. The molecule has 0 amide bonds. The monoisotopic (exact) mass is 189 g/mol. The Kier molecular flexibility index (Phi) is 3.90. The third kappa shape index (κ3) is 2.71. The van der Waals surface area contributed by atoms with Crippen LogP contribution in [0.4, 0.5) is 0 Å². The fourth-order valence-corrected chi connectivity index (χ4v) is 1.41. The Bertz CT molecular complexity index is 333. The van der Waals surface area contributed by atoms with Crippen LogP contribution < -0.4 is 5.32 Å². The van der Waals surface area contributed by atoms with Gasteiger partial charge in [-0.05, 0) is 44.5 Å². The van der Waals surface area contributed by atoms with Gasteiger partial charge in [-0.1, -0.05) is 29.8 Å². The number of allylic oxidation sites excluding steroid dienone is 2. The molecule has 0 saturated carbocycles. The maximum Gasteiger partial charge on any atom is 0.0202 e. The van der Waals surface area contributed by atoms with Crippen LogP contribution in [0.15, 0.2) is 29.8 Å². The lowest BCUT2D eigenvalue weighted by atomic mass is 10.0. The van der Waals surface area contributed by atoms with Crippen LogP contribution in [0.5, 0.6) is 0 Å². The molecule has 14 heavy (non-hydrogen) atoms. The minimum absolute atomic E-state index is 0.934. The molecule has 0 aliphatic rings. The van der Waals surface area contributed by atoms with Crippen molar-refractivity contribution in [3.63, 3.8) is 0 Å². The molecule has 0 heterocycles. The fraction of sp³-hybridized carbons (Fsp3) is 0.385. The van der Waals surface area contributed by atoms with Crippen molar-refractivity contribution in [3.8, 4) is 0 Å². The largest absolute Gasteiger partial charge is 0.316 e. The molecule has 0 radical (unpaired) electrons. The molecule has 1 aromatic carbocycles. The fourth-order valence-electron chi connectivity index (χ4n) is 1.41. The molecule has 1 N–H and O–H groups in total. The molecule has 1 nitrogen and oxygen atoms in total. The predicted molar refractivity (Wildman–Crippen MR) is 63.1 cm³/mol. The highest BCUT2D eigenvalue weighted by Gasteiger charge is 1.98. The number of rotatable bonds is 3. The normalized spacial score (nSPS) is 10.0. The highest BCUT2D eigenvalue weighted by atomic mass is 14.8. The summed E-state index contributed by atoms with van der Waals surface area (Å²) in [6.07, 6.45) is 0. The van der Waals surface area contributed by atoms with Gasteiger partial charge in [0.05, 0.1) is 0 Å². The van der Waals surface area contributed by atoms with Gasteiger partial charge in [-0.15, -0.1) is 0 Å². The highest BCUT2D eigenvalue weighted by molar-refractivity contribution is 5.66. The van der Waals surface area contributed by atoms with Crippen molar-refractivity contribution in [2.24, 2.45) is 0 Å². The summed E-state index contributed by atoms with van der Waals surface area (Å²) in [6.45, 7) is 7.41. The smallest absolute Gasteiger partial charge is 0.0202 e. The second kappa shape index (κ2) is 4.97. The van der Waals surface area contributed by atoms with E-state index in [2.05, 4.69) is 50.4 Å². The van der Waals surface area contributed by atoms with Crippen LogP contribution in [0.3, 0.4) is 0 Å². The summed E-state index contributed by atoms with van der Waals surface area (Å²) >= 11 is 0. The van der Waals surface area contributed by atoms with Crippen LogP contribution in [-0.4, -0.2) is 7.05 Å². The molecule has 0 aromatic heterocycles. The van der Waals surface area contributed by atoms with Crippen molar-refractivity contribution in [3.05, 3.63) is 41.0 Å².